The van der Waals surface area contributed by atoms with E-state index in [-0.39, 0.29) is 12.1 Å². The molecule has 4 amide bonds. The number of nitrogens with one attached hydrogen (secondary N) is 4. The molecule has 0 aliphatic rings. The number of carbonyl (C=O) groups is 2. The van der Waals surface area contributed by atoms with Crippen molar-refractivity contribution in [2.24, 2.45) is 0 Å². The highest BCUT2D eigenvalue weighted by atomic mass is 16.2. The van der Waals surface area contributed by atoms with Crippen LogP contribution in [0.5, 0.6) is 0 Å². The Kier molecular flexibility index (Phi) is 8.43. The molecule has 6 heteroatoms. The lowest BCUT2D eigenvalue weighted by molar-refractivity contribution is 0.261. The highest BCUT2D eigenvalue weighted by molar-refractivity contribution is 6.00. The summed E-state index contributed by atoms with van der Waals surface area (Å²) in [6.07, 6.45) is 0. The number of rotatable bonds is 4. The van der Waals surface area contributed by atoms with Gasteiger partial charge in [-0.3, -0.25) is 0 Å². The molecule has 32 heavy (non-hydrogen) atoms. The number of hydrogen-bond acceptors (Lipinski definition) is 2. The molecule has 4 aromatic rings. The SMILES string of the molecule is O=C(Nc1ccccc1)Nc1ccccc1.O=C(Nc1ccccc1)Nc1ccccc1. The zero-order valence-corrected chi connectivity index (χ0v) is 17.4. The molecule has 4 N–H and O–H groups in total. The van der Waals surface area contributed by atoms with E-state index in [0.717, 1.165) is 22.7 Å². The Morgan fingerprint density at radius 2 is 0.531 bits per heavy atom. The Morgan fingerprint density at radius 3 is 0.719 bits per heavy atom. The van der Waals surface area contributed by atoms with Crippen molar-refractivity contribution >= 4 is 34.8 Å². The van der Waals surface area contributed by atoms with Crippen molar-refractivity contribution in [1.29, 1.82) is 0 Å². The summed E-state index contributed by atoms with van der Waals surface area (Å²) in [6, 6.07) is 36.8. The lowest BCUT2D eigenvalue weighted by atomic mass is 10.3. The zero-order chi connectivity index (χ0) is 22.4. The maximum absolute atomic E-state index is 11.6. The molecule has 0 aliphatic heterocycles. The van der Waals surface area contributed by atoms with Gasteiger partial charge in [0, 0.05) is 22.7 Å². The second-order valence-corrected chi connectivity index (χ2v) is 6.62. The standard InChI is InChI=1S/2C13H12N2O/c2*16-13(14-11-7-3-1-4-8-11)15-12-9-5-2-6-10-12/h2*1-10H,(H2,14,15,16). The third-order valence-electron chi connectivity index (χ3n) is 4.13. The number of hydrogen-bond donors (Lipinski definition) is 4. The molecule has 0 atom stereocenters. The van der Waals surface area contributed by atoms with Crippen LogP contribution in [0.2, 0.25) is 0 Å². The van der Waals surface area contributed by atoms with E-state index in [0.29, 0.717) is 0 Å². The average molecular weight is 425 g/mol. The summed E-state index contributed by atoms with van der Waals surface area (Å²) in [6.45, 7) is 0. The maximum atomic E-state index is 11.6. The molecule has 160 valence electrons. The van der Waals surface area contributed by atoms with Crippen molar-refractivity contribution in [2.75, 3.05) is 21.3 Å². The van der Waals surface area contributed by atoms with Crippen LogP contribution in [0.25, 0.3) is 0 Å². The van der Waals surface area contributed by atoms with Crippen LogP contribution in [0.3, 0.4) is 0 Å². The first kappa shape index (κ1) is 22.1. The summed E-state index contributed by atoms with van der Waals surface area (Å²) in [5.74, 6) is 0. The van der Waals surface area contributed by atoms with Gasteiger partial charge in [0.1, 0.15) is 0 Å². The minimum Gasteiger partial charge on any atom is -0.308 e. The van der Waals surface area contributed by atoms with Gasteiger partial charge in [-0.1, -0.05) is 72.8 Å². The Labute approximate surface area is 187 Å². The molecule has 4 aromatic carbocycles. The number of benzene rings is 4. The van der Waals surface area contributed by atoms with Crippen LogP contribution in [0.4, 0.5) is 32.3 Å². The second kappa shape index (κ2) is 12.2. The maximum Gasteiger partial charge on any atom is 0.323 e. The minimum atomic E-state index is -0.239. The Hall–Kier alpha value is -4.58. The number of anilines is 4. The summed E-state index contributed by atoms with van der Waals surface area (Å²) in [5.41, 5.74) is 3.10. The molecule has 0 aliphatic carbocycles. The van der Waals surface area contributed by atoms with Gasteiger partial charge in [0.05, 0.1) is 0 Å². The molecular formula is C26H24N4O2. The Balaban J connectivity index is 0.000000181. The molecule has 6 nitrogen and oxygen atoms in total. The van der Waals surface area contributed by atoms with Gasteiger partial charge in [0.2, 0.25) is 0 Å². The summed E-state index contributed by atoms with van der Waals surface area (Å²) >= 11 is 0. The van der Waals surface area contributed by atoms with Crippen molar-refractivity contribution < 1.29 is 9.59 Å². The van der Waals surface area contributed by atoms with Crippen molar-refractivity contribution in [3.63, 3.8) is 0 Å². The molecule has 0 saturated heterocycles. The molecule has 0 fully saturated rings. The normalized spacial score (nSPS) is 9.50. The van der Waals surface area contributed by atoms with Gasteiger partial charge in [0.25, 0.3) is 0 Å². The number of amides is 4. The van der Waals surface area contributed by atoms with E-state index in [1.165, 1.54) is 0 Å². The van der Waals surface area contributed by atoms with Crippen LogP contribution in [-0.2, 0) is 0 Å². The van der Waals surface area contributed by atoms with E-state index in [1.54, 1.807) is 0 Å². The first-order valence-electron chi connectivity index (χ1n) is 10.1. The molecule has 0 bridgehead atoms. The van der Waals surface area contributed by atoms with Crippen LogP contribution in [0.15, 0.2) is 121 Å². The van der Waals surface area contributed by atoms with Crippen molar-refractivity contribution in [3.05, 3.63) is 121 Å². The first-order valence-corrected chi connectivity index (χ1v) is 10.1. The van der Waals surface area contributed by atoms with E-state index >= 15 is 0 Å². The predicted molar refractivity (Wildman–Crippen MR) is 131 cm³/mol. The van der Waals surface area contributed by atoms with Gasteiger partial charge in [-0.15, -0.1) is 0 Å². The lowest BCUT2D eigenvalue weighted by Gasteiger charge is -2.06. The van der Waals surface area contributed by atoms with E-state index in [9.17, 15) is 9.59 Å². The smallest absolute Gasteiger partial charge is 0.308 e. The topological polar surface area (TPSA) is 82.3 Å². The van der Waals surface area contributed by atoms with E-state index in [2.05, 4.69) is 21.3 Å². The first-order chi connectivity index (χ1) is 15.7. The van der Waals surface area contributed by atoms with Crippen LogP contribution in [-0.4, -0.2) is 12.1 Å². The van der Waals surface area contributed by atoms with Gasteiger partial charge in [-0.2, -0.15) is 0 Å². The van der Waals surface area contributed by atoms with Crippen molar-refractivity contribution in [1.82, 2.24) is 0 Å². The van der Waals surface area contributed by atoms with Crippen molar-refractivity contribution in [2.45, 2.75) is 0 Å². The zero-order valence-electron chi connectivity index (χ0n) is 17.4. The molecule has 0 radical (unpaired) electrons. The van der Waals surface area contributed by atoms with E-state index in [1.807, 2.05) is 121 Å². The van der Waals surface area contributed by atoms with E-state index in [4.69, 9.17) is 0 Å². The van der Waals surface area contributed by atoms with Gasteiger partial charge in [-0.25, -0.2) is 9.59 Å². The van der Waals surface area contributed by atoms with Gasteiger partial charge >= 0.3 is 12.1 Å². The minimum absolute atomic E-state index is 0.239. The molecule has 0 saturated carbocycles. The van der Waals surface area contributed by atoms with Crippen molar-refractivity contribution in [3.8, 4) is 0 Å². The summed E-state index contributed by atoms with van der Waals surface area (Å²) in [5, 5.41) is 11.0. The fourth-order valence-corrected chi connectivity index (χ4v) is 2.67. The monoisotopic (exact) mass is 424 g/mol. The quantitative estimate of drug-likeness (QED) is 0.295. The summed E-state index contributed by atoms with van der Waals surface area (Å²) in [7, 11) is 0. The summed E-state index contributed by atoms with van der Waals surface area (Å²) in [4.78, 5) is 23.1. The highest BCUT2D eigenvalue weighted by Gasteiger charge is 2.01. The van der Waals surface area contributed by atoms with Crippen LogP contribution in [0, 0.1) is 0 Å². The fourth-order valence-electron chi connectivity index (χ4n) is 2.67. The van der Waals surface area contributed by atoms with Gasteiger partial charge in [0.15, 0.2) is 0 Å². The summed E-state index contributed by atoms with van der Waals surface area (Å²) < 4.78 is 0. The third kappa shape index (κ3) is 8.04. The van der Waals surface area contributed by atoms with Crippen LogP contribution < -0.4 is 21.3 Å². The second-order valence-electron chi connectivity index (χ2n) is 6.62. The molecule has 4 rings (SSSR count). The van der Waals surface area contributed by atoms with E-state index < -0.39 is 0 Å². The lowest BCUT2D eigenvalue weighted by Crippen LogP contribution is -2.19. The molecule has 0 aromatic heterocycles. The van der Waals surface area contributed by atoms with Gasteiger partial charge < -0.3 is 21.3 Å². The number of urea groups is 2. The number of para-hydroxylation sites is 4. The Bertz CT molecular complexity index is 912. The molecule has 0 heterocycles. The average Bonchev–Trinajstić information content (AvgIpc) is 2.82. The highest BCUT2D eigenvalue weighted by Crippen LogP contribution is 2.09. The van der Waals surface area contributed by atoms with Crippen LogP contribution in [0.1, 0.15) is 0 Å². The number of carbonyl (C=O) groups excluding carboxylic acids is 2. The largest absolute Gasteiger partial charge is 0.323 e. The van der Waals surface area contributed by atoms with Crippen LogP contribution >= 0.6 is 0 Å². The molecular weight excluding hydrogens is 400 g/mol. The fraction of sp³-hybridized carbons (Fsp3) is 0. The Morgan fingerprint density at radius 1 is 0.344 bits per heavy atom. The van der Waals surface area contributed by atoms with Gasteiger partial charge in [-0.05, 0) is 48.5 Å². The third-order valence-corrected chi connectivity index (χ3v) is 4.13. The molecule has 0 spiro atoms. The molecule has 0 unspecified atom stereocenters. The predicted octanol–water partition coefficient (Wildman–Crippen LogP) is 6.66.